The maximum absolute atomic E-state index is 16.3. The van der Waals surface area contributed by atoms with Crippen LogP contribution in [0, 0.1) is 17.8 Å². The molecule has 2 saturated heterocycles. The number of nitrogens with one attached hydrogen (secondary N) is 1. The lowest BCUT2D eigenvalue weighted by molar-refractivity contribution is -0.179. The van der Waals surface area contributed by atoms with E-state index in [0.29, 0.717) is 65.4 Å². The number of amides is 2. The van der Waals surface area contributed by atoms with Crippen LogP contribution >= 0.6 is 0 Å². The van der Waals surface area contributed by atoms with Crippen molar-refractivity contribution in [3.63, 3.8) is 0 Å². The van der Waals surface area contributed by atoms with Crippen molar-refractivity contribution in [2.75, 3.05) is 39.3 Å². The summed E-state index contributed by atoms with van der Waals surface area (Å²) in [5.74, 6) is 5.20. The molecule has 0 radical (unpaired) electrons. The fourth-order valence-corrected chi connectivity index (χ4v) is 11.5. The molecule has 0 bridgehead atoms. The zero-order chi connectivity index (χ0) is 46.3. The second-order valence-corrected chi connectivity index (χ2v) is 18.3. The standard InChI is InChI=1S/C55H55N3O9/c1-64-44-32-38-24-28-57(34-39(38)33-45(44)65-2)51(60)46-48-52(61)67-49(37-17-9-6-10-18-37)47(36-15-7-5-8-16-36)58(48)50(40-19-11-12-20-43(40)66-30-29-59)55(46)41-31-35(21-22-42(41)56-53(55)62)23-27-54(63)25-13-3-4-14-26-54/h5-12,15-22,31-33,46-50,59,63H,3-4,13-14,24-26,28-30,34H2,1-2H3,(H,56,62)/t46-,47-,48-,49+,50+,55-/m0/s1. The number of nitrogens with zero attached hydrogens (tertiary/aromatic N) is 2. The average molecular weight is 902 g/mol. The van der Waals surface area contributed by atoms with Gasteiger partial charge >= 0.3 is 5.97 Å². The van der Waals surface area contributed by atoms with Crippen molar-refractivity contribution in [2.45, 2.75) is 86.7 Å². The van der Waals surface area contributed by atoms with Crippen molar-refractivity contribution >= 4 is 23.5 Å². The molecule has 1 saturated carbocycles. The molecule has 4 aliphatic heterocycles. The normalized spacial score (nSPS) is 25.1. The van der Waals surface area contributed by atoms with Crippen LogP contribution < -0.4 is 19.5 Å². The number of benzene rings is 5. The number of aliphatic hydroxyl groups excluding tert-OH is 1. The number of rotatable bonds is 9. The fourth-order valence-electron chi connectivity index (χ4n) is 11.5. The van der Waals surface area contributed by atoms with Gasteiger partial charge in [0, 0.05) is 29.9 Å². The third-order valence-corrected chi connectivity index (χ3v) is 14.5. The van der Waals surface area contributed by atoms with E-state index >= 15 is 14.4 Å². The van der Waals surface area contributed by atoms with Gasteiger partial charge in [-0.15, -0.1) is 0 Å². The zero-order valence-corrected chi connectivity index (χ0v) is 37.8. The van der Waals surface area contributed by atoms with Crippen molar-refractivity contribution in [3.8, 4) is 29.1 Å². The van der Waals surface area contributed by atoms with Crippen LogP contribution in [-0.4, -0.2) is 83.4 Å². The Bertz CT molecular complexity index is 2740. The molecule has 5 aromatic rings. The Kier molecular flexibility index (Phi) is 12.0. The van der Waals surface area contributed by atoms with Crippen LogP contribution in [0.3, 0.4) is 0 Å². The van der Waals surface area contributed by atoms with Gasteiger partial charge in [0.25, 0.3) is 0 Å². The summed E-state index contributed by atoms with van der Waals surface area (Å²) in [5.41, 5.74) is 2.61. The highest BCUT2D eigenvalue weighted by molar-refractivity contribution is 6.12. The summed E-state index contributed by atoms with van der Waals surface area (Å²) in [7, 11) is 3.16. The molecule has 1 aliphatic carbocycles. The summed E-state index contributed by atoms with van der Waals surface area (Å²) < 4.78 is 24.3. The number of aliphatic hydroxyl groups is 2. The SMILES string of the molecule is COc1cc2c(cc1OC)CN(C(=O)[C@@H]1[C@H]3C(=O)O[C@H](c4ccccc4)[C@H](c4ccccc4)N3[C@H](c3ccccc3OCCO)[C@@]13C(=O)Nc1ccc(C#CC4(O)CCCCCC4)cc13)CC2. The molecule has 67 heavy (non-hydrogen) atoms. The molecule has 3 fully saturated rings. The maximum atomic E-state index is 16.3. The lowest BCUT2D eigenvalue weighted by Crippen LogP contribution is -2.56. The third-order valence-electron chi connectivity index (χ3n) is 14.5. The van der Waals surface area contributed by atoms with E-state index in [1.807, 2.05) is 109 Å². The van der Waals surface area contributed by atoms with E-state index in [4.69, 9.17) is 18.9 Å². The van der Waals surface area contributed by atoms with Crippen molar-refractivity contribution in [3.05, 3.63) is 154 Å². The van der Waals surface area contributed by atoms with Gasteiger partial charge in [-0.05, 0) is 96.3 Å². The smallest absolute Gasteiger partial charge is 0.324 e. The number of ether oxygens (including phenoxy) is 4. The Morgan fingerprint density at radius 1 is 0.806 bits per heavy atom. The van der Waals surface area contributed by atoms with Gasteiger partial charge in [0.15, 0.2) is 11.5 Å². The average Bonchev–Trinajstić information content (AvgIpc) is 3.72. The van der Waals surface area contributed by atoms with Crippen LogP contribution in [0.25, 0.3) is 0 Å². The van der Waals surface area contributed by atoms with Crippen LogP contribution in [0.15, 0.2) is 115 Å². The van der Waals surface area contributed by atoms with Gasteiger partial charge in [-0.25, -0.2) is 0 Å². The minimum absolute atomic E-state index is 0.0355. The van der Waals surface area contributed by atoms with Crippen LogP contribution in [0.5, 0.6) is 17.2 Å². The van der Waals surface area contributed by atoms with E-state index in [2.05, 4.69) is 22.1 Å². The molecule has 344 valence electrons. The molecule has 1 spiro atoms. The first kappa shape index (κ1) is 44.2. The van der Waals surface area contributed by atoms with E-state index in [1.54, 1.807) is 25.2 Å². The number of methoxy groups -OCH3 is 2. The number of fused-ring (bicyclic) bond motifs is 4. The fraction of sp³-hybridized carbons (Fsp3) is 0.364. The first-order valence-electron chi connectivity index (χ1n) is 23.3. The zero-order valence-electron chi connectivity index (χ0n) is 37.8. The Morgan fingerprint density at radius 2 is 1.48 bits per heavy atom. The molecule has 10 rings (SSSR count). The maximum Gasteiger partial charge on any atom is 0.324 e. The highest BCUT2D eigenvalue weighted by Crippen LogP contribution is 2.66. The summed E-state index contributed by atoms with van der Waals surface area (Å²) in [5, 5.41) is 24.9. The van der Waals surface area contributed by atoms with E-state index in [9.17, 15) is 10.2 Å². The van der Waals surface area contributed by atoms with Crippen molar-refractivity contribution in [1.29, 1.82) is 0 Å². The predicted octanol–water partition coefficient (Wildman–Crippen LogP) is 7.37. The van der Waals surface area contributed by atoms with E-state index in [1.165, 1.54) is 0 Å². The second-order valence-electron chi connectivity index (χ2n) is 18.3. The summed E-state index contributed by atoms with van der Waals surface area (Å²) in [6.45, 7) is 0.199. The molecule has 12 heteroatoms. The lowest BCUT2D eigenvalue weighted by Gasteiger charge is -2.46. The number of hydrogen-bond acceptors (Lipinski definition) is 10. The van der Waals surface area contributed by atoms with Crippen LogP contribution in [0.1, 0.15) is 95.7 Å². The van der Waals surface area contributed by atoms with Crippen molar-refractivity contribution in [2.24, 2.45) is 5.92 Å². The number of anilines is 1. The van der Waals surface area contributed by atoms with Gasteiger partial charge in [-0.1, -0.05) is 104 Å². The number of hydrogen-bond donors (Lipinski definition) is 3. The minimum atomic E-state index is -1.79. The van der Waals surface area contributed by atoms with Gasteiger partial charge in [-0.3, -0.25) is 19.3 Å². The molecule has 0 unspecified atom stereocenters. The lowest BCUT2D eigenvalue weighted by atomic mass is 9.64. The first-order valence-corrected chi connectivity index (χ1v) is 23.3. The summed E-state index contributed by atoms with van der Waals surface area (Å²) in [6.07, 6.45) is 4.61. The largest absolute Gasteiger partial charge is 0.493 e. The van der Waals surface area contributed by atoms with Gasteiger partial charge < -0.3 is 39.4 Å². The highest BCUT2D eigenvalue weighted by Gasteiger charge is 2.74. The molecule has 12 nitrogen and oxygen atoms in total. The summed E-state index contributed by atoms with van der Waals surface area (Å²) in [4.78, 5) is 51.4. The van der Waals surface area contributed by atoms with Crippen LogP contribution in [-0.2, 0) is 37.5 Å². The summed E-state index contributed by atoms with van der Waals surface area (Å²) >= 11 is 0. The van der Waals surface area contributed by atoms with Gasteiger partial charge in [0.05, 0.1) is 38.8 Å². The third kappa shape index (κ3) is 7.69. The van der Waals surface area contributed by atoms with Gasteiger partial charge in [0.2, 0.25) is 11.8 Å². The topological polar surface area (TPSA) is 147 Å². The predicted molar refractivity (Wildman–Crippen MR) is 250 cm³/mol. The second kappa shape index (κ2) is 18.2. The Morgan fingerprint density at radius 3 is 2.18 bits per heavy atom. The van der Waals surface area contributed by atoms with Crippen LogP contribution in [0.2, 0.25) is 0 Å². The van der Waals surface area contributed by atoms with E-state index in [-0.39, 0.29) is 25.7 Å². The Hall–Kier alpha value is -6.65. The number of esters is 1. The summed E-state index contributed by atoms with van der Waals surface area (Å²) in [6, 6.07) is 33.0. The monoisotopic (exact) mass is 901 g/mol. The molecule has 5 aliphatic rings. The molecule has 4 heterocycles. The van der Waals surface area contributed by atoms with Gasteiger partial charge in [0.1, 0.15) is 35.5 Å². The van der Waals surface area contributed by atoms with Crippen LogP contribution in [0.4, 0.5) is 5.69 Å². The van der Waals surface area contributed by atoms with Crippen molar-refractivity contribution in [1.82, 2.24) is 9.80 Å². The first-order chi connectivity index (χ1) is 32.7. The number of cyclic esters (lactones) is 1. The van der Waals surface area contributed by atoms with E-state index in [0.717, 1.165) is 47.9 Å². The molecule has 0 aromatic heterocycles. The molecule has 2 amide bonds. The number of carbonyl (C=O) groups is 3. The molecule has 5 aromatic carbocycles. The van der Waals surface area contributed by atoms with E-state index < -0.39 is 53.0 Å². The van der Waals surface area contributed by atoms with Gasteiger partial charge in [-0.2, -0.15) is 0 Å². The van der Waals surface area contributed by atoms with Crippen molar-refractivity contribution < 1.29 is 43.5 Å². The highest BCUT2D eigenvalue weighted by atomic mass is 16.6. The number of para-hydroxylation sites is 1. The molecular formula is C55H55N3O9. The molecule has 3 N–H and O–H groups in total. The Labute approximate surface area is 390 Å². The number of carbonyl (C=O) groups excluding carboxylic acids is 3. The number of morpholine rings is 1. The molecular weight excluding hydrogens is 847 g/mol. The molecule has 6 atom stereocenters. The quantitative estimate of drug-likeness (QED) is 0.0779. The Balaban J connectivity index is 1.23. The minimum Gasteiger partial charge on any atom is -0.493 e.